The van der Waals surface area contributed by atoms with Gasteiger partial charge in [-0.05, 0) is 37.1 Å². The summed E-state index contributed by atoms with van der Waals surface area (Å²) in [5, 5.41) is 0. The first kappa shape index (κ1) is 18.3. The van der Waals surface area contributed by atoms with E-state index in [1.54, 1.807) is 35.4 Å². The third kappa shape index (κ3) is 4.20. The van der Waals surface area contributed by atoms with Crippen molar-refractivity contribution in [2.75, 3.05) is 20.2 Å². The zero-order valence-corrected chi connectivity index (χ0v) is 15.3. The number of ether oxygens (including phenoxy) is 1. The fourth-order valence-electron chi connectivity index (χ4n) is 2.83. The molecule has 2 aromatic rings. The summed E-state index contributed by atoms with van der Waals surface area (Å²) in [5.74, 6) is 0.474. The molecule has 0 bridgehead atoms. The Labute approximate surface area is 153 Å². The van der Waals surface area contributed by atoms with Gasteiger partial charge < -0.3 is 9.64 Å². The zero-order chi connectivity index (χ0) is 18.6. The number of carbonyl (C=O) groups is 1. The highest BCUT2D eigenvalue weighted by Crippen LogP contribution is 2.17. The highest BCUT2D eigenvalue weighted by Gasteiger charge is 2.21. The lowest BCUT2D eigenvalue weighted by Gasteiger charge is -2.15. The molecule has 7 nitrogen and oxygen atoms in total. The van der Waals surface area contributed by atoms with Crippen molar-refractivity contribution in [3.05, 3.63) is 53.9 Å². The van der Waals surface area contributed by atoms with Crippen LogP contribution >= 0.6 is 0 Å². The minimum absolute atomic E-state index is 0.0316. The number of methoxy groups -OCH3 is 1. The fourth-order valence-corrected chi connectivity index (χ4v) is 3.88. The van der Waals surface area contributed by atoms with E-state index in [1.807, 2.05) is 0 Å². The first-order valence-corrected chi connectivity index (χ1v) is 9.86. The lowest BCUT2D eigenvalue weighted by Crippen LogP contribution is -2.28. The second-order valence-electron chi connectivity index (χ2n) is 6.04. The molecule has 1 aromatic carbocycles. The molecule has 1 fully saturated rings. The van der Waals surface area contributed by atoms with Gasteiger partial charge in [0.2, 0.25) is 10.0 Å². The fraction of sp³-hybridized carbons (Fsp3) is 0.333. The maximum atomic E-state index is 12.6. The third-order valence-corrected chi connectivity index (χ3v) is 5.65. The van der Waals surface area contributed by atoms with E-state index in [4.69, 9.17) is 4.74 Å². The molecule has 0 unspecified atom stereocenters. The lowest BCUT2D eigenvalue weighted by molar-refractivity contribution is 0.0792. The van der Waals surface area contributed by atoms with Crippen molar-refractivity contribution in [1.82, 2.24) is 14.6 Å². The molecule has 138 valence electrons. The summed E-state index contributed by atoms with van der Waals surface area (Å²) in [7, 11) is -2.23. The Morgan fingerprint density at radius 3 is 2.73 bits per heavy atom. The molecule has 2 heterocycles. The van der Waals surface area contributed by atoms with Crippen LogP contribution in [-0.2, 0) is 16.6 Å². The Hall–Kier alpha value is -2.45. The second kappa shape index (κ2) is 7.84. The number of aromatic nitrogens is 1. The normalized spacial score (nSPS) is 14.4. The average molecular weight is 375 g/mol. The smallest absolute Gasteiger partial charge is 0.253 e. The minimum Gasteiger partial charge on any atom is -0.497 e. The zero-order valence-electron chi connectivity index (χ0n) is 14.5. The standard InChI is InChI=1S/C18H21N3O4S/c1-25-16-7-8-19-15(12-16)13-20-26(23,24)17-6-4-5-14(11-17)18(22)21-9-2-3-10-21/h4-8,11-12,20H,2-3,9-10,13H2,1H3. The number of hydrogen-bond donors (Lipinski definition) is 1. The monoisotopic (exact) mass is 375 g/mol. The highest BCUT2D eigenvalue weighted by atomic mass is 32.2. The van der Waals surface area contributed by atoms with Crippen molar-refractivity contribution in [1.29, 1.82) is 0 Å². The van der Waals surface area contributed by atoms with Gasteiger partial charge in [0.05, 0.1) is 24.2 Å². The van der Waals surface area contributed by atoms with Gasteiger partial charge >= 0.3 is 0 Å². The predicted octanol–water partition coefficient (Wildman–Crippen LogP) is 1.80. The molecule has 0 saturated carbocycles. The number of carbonyl (C=O) groups excluding carboxylic acids is 1. The van der Waals surface area contributed by atoms with Crippen LogP contribution in [0.3, 0.4) is 0 Å². The van der Waals surface area contributed by atoms with Crippen molar-refractivity contribution in [3.63, 3.8) is 0 Å². The van der Waals surface area contributed by atoms with Crippen molar-refractivity contribution in [2.24, 2.45) is 0 Å². The number of benzene rings is 1. The molecule has 1 amide bonds. The number of hydrogen-bond acceptors (Lipinski definition) is 5. The molecule has 0 atom stereocenters. The summed E-state index contributed by atoms with van der Waals surface area (Å²) in [6, 6.07) is 9.47. The number of sulfonamides is 1. The molecule has 0 spiro atoms. The topological polar surface area (TPSA) is 88.6 Å². The van der Waals surface area contributed by atoms with Crippen LogP contribution in [0.5, 0.6) is 5.75 Å². The molecule has 1 aliphatic heterocycles. The lowest BCUT2D eigenvalue weighted by atomic mass is 10.2. The van der Waals surface area contributed by atoms with Crippen LogP contribution in [0.4, 0.5) is 0 Å². The number of nitrogens with one attached hydrogen (secondary N) is 1. The van der Waals surface area contributed by atoms with Crippen molar-refractivity contribution >= 4 is 15.9 Å². The second-order valence-corrected chi connectivity index (χ2v) is 7.81. The van der Waals surface area contributed by atoms with Gasteiger partial charge in [-0.3, -0.25) is 9.78 Å². The van der Waals surface area contributed by atoms with Crippen LogP contribution in [-0.4, -0.2) is 44.4 Å². The van der Waals surface area contributed by atoms with Gasteiger partial charge in [0.25, 0.3) is 5.91 Å². The van der Waals surface area contributed by atoms with Gasteiger partial charge in [-0.2, -0.15) is 0 Å². The predicted molar refractivity (Wildman–Crippen MR) is 96.4 cm³/mol. The Balaban J connectivity index is 1.74. The summed E-state index contributed by atoms with van der Waals surface area (Å²) < 4.78 is 32.7. The molecule has 8 heteroatoms. The Morgan fingerprint density at radius 1 is 1.23 bits per heavy atom. The van der Waals surface area contributed by atoms with Gasteiger partial charge in [-0.1, -0.05) is 6.07 Å². The number of amides is 1. The Bertz CT molecular complexity index is 893. The molecule has 0 radical (unpaired) electrons. The SMILES string of the molecule is COc1ccnc(CNS(=O)(=O)c2cccc(C(=O)N3CCCC3)c2)c1. The van der Waals surface area contributed by atoms with E-state index in [9.17, 15) is 13.2 Å². The van der Waals surface area contributed by atoms with E-state index in [0.29, 0.717) is 17.0 Å². The van der Waals surface area contributed by atoms with E-state index < -0.39 is 10.0 Å². The maximum Gasteiger partial charge on any atom is 0.253 e. The Morgan fingerprint density at radius 2 is 2.00 bits per heavy atom. The quantitative estimate of drug-likeness (QED) is 0.832. The number of rotatable bonds is 6. The van der Waals surface area contributed by atoms with Gasteiger partial charge in [0.15, 0.2) is 0 Å². The highest BCUT2D eigenvalue weighted by molar-refractivity contribution is 7.89. The van der Waals surface area contributed by atoms with Crippen LogP contribution in [0, 0.1) is 0 Å². The molecular formula is C18H21N3O4S. The maximum absolute atomic E-state index is 12.6. The first-order chi connectivity index (χ1) is 12.5. The van der Waals surface area contributed by atoms with Crippen LogP contribution in [0.25, 0.3) is 0 Å². The van der Waals surface area contributed by atoms with E-state index in [2.05, 4.69) is 9.71 Å². The summed E-state index contributed by atoms with van der Waals surface area (Å²) in [6.07, 6.45) is 3.52. The van der Waals surface area contributed by atoms with E-state index in [-0.39, 0.29) is 17.3 Å². The average Bonchev–Trinajstić information content (AvgIpc) is 3.21. The molecule has 1 aliphatic rings. The minimum atomic E-state index is -3.76. The van der Waals surface area contributed by atoms with Crippen LogP contribution in [0.15, 0.2) is 47.5 Å². The summed E-state index contributed by atoms with van der Waals surface area (Å²) >= 11 is 0. The van der Waals surface area contributed by atoms with Crippen LogP contribution in [0.1, 0.15) is 28.9 Å². The largest absolute Gasteiger partial charge is 0.497 e. The van der Waals surface area contributed by atoms with Crippen molar-refractivity contribution in [2.45, 2.75) is 24.3 Å². The van der Waals surface area contributed by atoms with E-state index in [0.717, 1.165) is 25.9 Å². The molecule has 1 N–H and O–H groups in total. The summed E-state index contributed by atoms with van der Waals surface area (Å²) in [5.41, 5.74) is 0.923. The molecule has 1 saturated heterocycles. The van der Waals surface area contributed by atoms with E-state index >= 15 is 0 Å². The van der Waals surface area contributed by atoms with Crippen molar-refractivity contribution in [3.8, 4) is 5.75 Å². The molecule has 3 rings (SSSR count). The molecular weight excluding hydrogens is 354 g/mol. The Kier molecular flexibility index (Phi) is 5.53. The molecule has 0 aliphatic carbocycles. The molecule has 26 heavy (non-hydrogen) atoms. The van der Waals surface area contributed by atoms with Crippen LogP contribution in [0.2, 0.25) is 0 Å². The van der Waals surface area contributed by atoms with Gasteiger partial charge in [0.1, 0.15) is 5.75 Å². The number of likely N-dealkylation sites (tertiary alicyclic amines) is 1. The number of pyridine rings is 1. The third-order valence-electron chi connectivity index (χ3n) is 4.25. The summed E-state index contributed by atoms with van der Waals surface area (Å²) in [4.78, 5) is 18.4. The van der Waals surface area contributed by atoms with Gasteiger partial charge in [-0.15, -0.1) is 0 Å². The summed E-state index contributed by atoms with van der Waals surface area (Å²) in [6.45, 7) is 1.47. The van der Waals surface area contributed by atoms with Gasteiger partial charge in [0, 0.05) is 30.9 Å². The van der Waals surface area contributed by atoms with Crippen molar-refractivity contribution < 1.29 is 17.9 Å². The molecule has 1 aromatic heterocycles. The number of nitrogens with zero attached hydrogens (tertiary/aromatic N) is 2. The first-order valence-electron chi connectivity index (χ1n) is 8.37. The van der Waals surface area contributed by atoms with Crippen LogP contribution < -0.4 is 9.46 Å². The van der Waals surface area contributed by atoms with E-state index in [1.165, 1.54) is 19.2 Å². The van der Waals surface area contributed by atoms with Gasteiger partial charge in [-0.25, -0.2) is 13.1 Å².